The smallest absolute Gasteiger partial charge is 0.150 e. The van der Waals surface area contributed by atoms with Gasteiger partial charge in [-0.2, -0.15) is 0 Å². The summed E-state index contributed by atoms with van der Waals surface area (Å²) < 4.78 is 19.5. The van der Waals surface area contributed by atoms with Crippen molar-refractivity contribution >= 4 is 5.69 Å². The first kappa shape index (κ1) is 9.94. The molecule has 0 bridgehead atoms. The highest BCUT2D eigenvalue weighted by atomic mass is 19.1. The first-order valence-corrected chi connectivity index (χ1v) is 6.01. The minimum absolute atomic E-state index is 0.0843. The van der Waals surface area contributed by atoms with Crippen LogP contribution in [-0.4, -0.2) is 12.1 Å². The number of nitrogens with one attached hydrogen (secondary N) is 1. The minimum atomic E-state index is -0.219. The third kappa shape index (κ3) is 1.55. The van der Waals surface area contributed by atoms with Gasteiger partial charge in [-0.1, -0.05) is 12.5 Å². The van der Waals surface area contributed by atoms with Crippen molar-refractivity contribution in [2.45, 2.75) is 37.7 Å². The van der Waals surface area contributed by atoms with Gasteiger partial charge in [-0.15, -0.1) is 0 Å². The highest BCUT2D eigenvalue weighted by Crippen LogP contribution is 2.40. The van der Waals surface area contributed by atoms with Crippen molar-refractivity contribution in [3.8, 4) is 5.75 Å². The van der Waals surface area contributed by atoms with Gasteiger partial charge in [0, 0.05) is 0 Å². The normalized spacial score (nSPS) is 22.1. The average molecular weight is 221 g/mol. The van der Waals surface area contributed by atoms with Gasteiger partial charge in [0.1, 0.15) is 22.9 Å². The molecule has 0 unspecified atom stereocenters. The topological polar surface area (TPSA) is 21.3 Å². The molecule has 0 aromatic heterocycles. The summed E-state index contributed by atoms with van der Waals surface area (Å²) in [5.41, 5.74) is 0.442. The van der Waals surface area contributed by atoms with E-state index < -0.39 is 0 Å². The van der Waals surface area contributed by atoms with E-state index in [2.05, 4.69) is 5.32 Å². The zero-order chi connectivity index (χ0) is 11.0. The Morgan fingerprint density at radius 3 is 2.81 bits per heavy atom. The van der Waals surface area contributed by atoms with Crippen LogP contribution in [0, 0.1) is 5.82 Å². The molecule has 2 nitrogen and oxygen atoms in total. The van der Waals surface area contributed by atoms with E-state index in [0.29, 0.717) is 11.4 Å². The van der Waals surface area contributed by atoms with Crippen LogP contribution < -0.4 is 10.1 Å². The third-order valence-electron chi connectivity index (χ3n) is 3.65. The molecule has 86 valence electrons. The molecule has 1 aromatic rings. The Labute approximate surface area is 94.8 Å². The van der Waals surface area contributed by atoms with Gasteiger partial charge in [0.05, 0.1) is 6.54 Å². The lowest BCUT2D eigenvalue weighted by molar-refractivity contribution is 0.0364. The van der Waals surface area contributed by atoms with Crippen LogP contribution in [0.4, 0.5) is 10.1 Å². The molecule has 1 aliphatic carbocycles. The highest BCUT2D eigenvalue weighted by molar-refractivity contribution is 5.59. The van der Waals surface area contributed by atoms with Crippen molar-refractivity contribution in [3.63, 3.8) is 0 Å². The van der Waals surface area contributed by atoms with Gasteiger partial charge in [0.25, 0.3) is 0 Å². The van der Waals surface area contributed by atoms with Crippen molar-refractivity contribution in [2.75, 3.05) is 11.9 Å². The van der Waals surface area contributed by atoms with Crippen LogP contribution in [0.15, 0.2) is 18.2 Å². The monoisotopic (exact) mass is 221 g/mol. The Morgan fingerprint density at radius 1 is 1.19 bits per heavy atom. The van der Waals surface area contributed by atoms with Crippen LogP contribution in [0.1, 0.15) is 32.1 Å². The lowest BCUT2D eigenvalue weighted by atomic mass is 9.83. The molecule has 3 heteroatoms. The Hall–Kier alpha value is -1.25. The van der Waals surface area contributed by atoms with E-state index in [-0.39, 0.29) is 11.4 Å². The Morgan fingerprint density at radius 2 is 2.00 bits per heavy atom. The number of anilines is 1. The van der Waals surface area contributed by atoms with Crippen LogP contribution in [0.2, 0.25) is 0 Å². The van der Waals surface area contributed by atoms with E-state index in [0.717, 1.165) is 19.4 Å². The fourth-order valence-electron chi connectivity index (χ4n) is 2.75. The summed E-state index contributed by atoms with van der Waals surface area (Å²) in [6.45, 7) is 0.737. The van der Waals surface area contributed by atoms with Crippen LogP contribution in [0.25, 0.3) is 0 Å². The molecule has 1 spiro atoms. The summed E-state index contributed by atoms with van der Waals surface area (Å²) in [4.78, 5) is 0. The predicted octanol–water partition coefficient (Wildman–Crippen LogP) is 3.33. The molecule has 0 amide bonds. The summed E-state index contributed by atoms with van der Waals surface area (Å²) in [6, 6.07) is 5.02. The fourth-order valence-corrected chi connectivity index (χ4v) is 2.75. The summed E-state index contributed by atoms with van der Waals surface area (Å²) in [5.74, 6) is 0.455. The number of ether oxygens (including phenoxy) is 1. The number of fused-ring (bicyclic) bond motifs is 1. The fraction of sp³-hybridized carbons (Fsp3) is 0.538. The van der Waals surface area contributed by atoms with E-state index in [4.69, 9.17) is 4.74 Å². The standard InChI is InChI=1S/C13H16FNO/c14-10-5-4-6-11-12(10)15-9-13(16-11)7-2-1-3-8-13/h4-6,15H,1-3,7-9H2. The molecule has 1 saturated carbocycles. The zero-order valence-electron chi connectivity index (χ0n) is 9.26. The number of rotatable bonds is 0. The molecule has 1 aromatic carbocycles. The number of hydrogen-bond donors (Lipinski definition) is 1. The van der Waals surface area contributed by atoms with Gasteiger partial charge in [0.15, 0.2) is 0 Å². The van der Waals surface area contributed by atoms with Crippen molar-refractivity contribution in [1.82, 2.24) is 0 Å². The molecule has 0 atom stereocenters. The molecule has 1 aliphatic heterocycles. The molecule has 1 N–H and O–H groups in total. The van der Waals surface area contributed by atoms with Crippen LogP contribution in [0.3, 0.4) is 0 Å². The number of halogens is 1. The second-order valence-electron chi connectivity index (χ2n) is 4.81. The molecular formula is C13H16FNO. The minimum Gasteiger partial charge on any atom is -0.483 e. The van der Waals surface area contributed by atoms with Gasteiger partial charge < -0.3 is 10.1 Å². The molecule has 16 heavy (non-hydrogen) atoms. The maximum Gasteiger partial charge on any atom is 0.150 e. The molecule has 1 heterocycles. The van der Waals surface area contributed by atoms with Crippen molar-refractivity contribution in [3.05, 3.63) is 24.0 Å². The molecule has 2 aliphatic rings. The molecular weight excluding hydrogens is 205 g/mol. The average Bonchev–Trinajstić information content (AvgIpc) is 2.30. The van der Waals surface area contributed by atoms with Crippen LogP contribution in [0.5, 0.6) is 5.75 Å². The second kappa shape index (κ2) is 3.65. The lowest BCUT2D eigenvalue weighted by Gasteiger charge is -2.41. The molecule has 0 saturated heterocycles. The van der Waals surface area contributed by atoms with E-state index in [1.165, 1.54) is 25.3 Å². The summed E-state index contributed by atoms with van der Waals surface area (Å²) in [6.07, 6.45) is 5.88. The molecule has 1 fully saturated rings. The number of benzene rings is 1. The Bertz CT molecular complexity index is 399. The maximum absolute atomic E-state index is 13.5. The first-order valence-electron chi connectivity index (χ1n) is 6.01. The molecule has 3 rings (SSSR count). The largest absolute Gasteiger partial charge is 0.483 e. The Balaban J connectivity index is 1.91. The van der Waals surface area contributed by atoms with E-state index in [1.807, 2.05) is 6.07 Å². The van der Waals surface area contributed by atoms with Gasteiger partial charge in [-0.05, 0) is 37.8 Å². The summed E-state index contributed by atoms with van der Waals surface area (Å²) in [7, 11) is 0. The summed E-state index contributed by atoms with van der Waals surface area (Å²) in [5, 5.41) is 3.19. The van der Waals surface area contributed by atoms with E-state index in [9.17, 15) is 4.39 Å². The SMILES string of the molecule is Fc1cccc2c1NCC1(CCCCC1)O2. The maximum atomic E-state index is 13.5. The van der Waals surface area contributed by atoms with Gasteiger partial charge in [0.2, 0.25) is 0 Å². The highest BCUT2D eigenvalue weighted by Gasteiger charge is 2.38. The predicted molar refractivity (Wildman–Crippen MR) is 61.3 cm³/mol. The van der Waals surface area contributed by atoms with E-state index in [1.54, 1.807) is 6.07 Å². The Kier molecular flexibility index (Phi) is 2.27. The van der Waals surface area contributed by atoms with Crippen LogP contribution >= 0.6 is 0 Å². The second-order valence-corrected chi connectivity index (χ2v) is 4.81. The zero-order valence-corrected chi connectivity index (χ0v) is 9.26. The third-order valence-corrected chi connectivity index (χ3v) is 3.65. The van der Waals surface area contributed by atoms with Gasteiger partial charge in [-0.3, -0.25) is 0 Å². The van der Waals surface area contributed by atoms with Crippen LogP contribution in [-0.2, 0) is 0 Å². The first-order chi connectivity index (χ1) is 7.79. The molecule has 0 radical (unpaired) electrons. The van der Waals surface area contributed by atoms with Gasteiger partial charge in [-0.25, -0.2) is 4.39 Å². The quantitative estimate of drug-likeness (QED) is 0.725. The van der Waals surface area contributed by atoms with Crippen molar-refractivity contribution in [1.29, 1.82) is 0 Å². The van der Waals surface area contributed by atoms with E-state index >= 15 is 0 Å². The van der Waals surface area contributed by atoms with Crippen molar-refractivity contribution in [2.24, 2.45) is 0 Å². The summed E-state index contributed by atoms with van der Waals surface area (Å²) >= 11 is 0. The lowest BCUT2D eigenvalue weighted by Crippen LogP contribution is -2.47. The number of hydrogen-bond acceptors (Lipinski definition) is 2. The number of para-hydroxylation sites is 1. The van der Waals surface area contributed by atoms with Crippen molar-refractivity contribution < 1.29 is 9.13 Å². The van der Waals surface area contributed by atoms with Gasteiger partial charge >= 0.3 is 0 Å².